The molecule has 0 bridgehead atoms. The van der Waals surface area contributed by atoms with Gasteiger partial charge in [-0.1, -0.05) is 23.4 Å². The van der Waals surface area contributed by atoms with Crippen molar-refractivity contribution in [2.24, 2.45) is 0 Å². The predicted molar refractivity (Wildman–Crippen MR) is 101 cm³/mol. The Morgan fingerprint density at radius 3 is 2.61 bits per heavy atom. The first-order valence-electron chi connectivity index (χ1n) is 8.48. The van der Waals surface area contributed by atoms with Gasteiger partial charge in [0.05, 0.1) is 24.3 Å². The summed E-state index contributed by atoms with van der Waals surface area (Å²) in [6, 6.07) is 9.14. The third kappa shape index (κ3) is 3.89. The second-order valence-electron chi connectivity index (χ2n) is 6.51. The number of halogens is 2. The first-order valence-corrected chi connectivity index (χ1v) is 10.2. The first kappa shape index (κ1) is 19.9. The molecular formula is C19H19F2N3O3S. The lowest BCUT2D eigenvalue weighted by atomic mass is 10.1. The van der Waals surface area contributed by atoms with E-state index in [9.17, 15) is 17.2 Å². The van der Waals surface area contributed by atoms with Crippen molar-refractivity contribution in [3.63, 3.8) is 0 Å². The average molecular weight is 407 g/mol. The molecule has 0 amide bonds. The molecule has 0 saturated carbocycles. The van der Waals surface area contributed by atoms with Crippen LogP contribution in [0.1, 0.15) is 19.4 Å². The van der Waals surface area contributed by atoms with Crippen LogP contribution >= 0.6 is 0 Å². The third-order valence-corrected chi connectivity index (χ3v) is 6.46. The number of ether oxygens (including phenoxy) is 1. The maximum Gasteiger partial charge on any atom is 0.156 e. The van der Waals surface area contributed by atoms with Crippen LogP contribution in [-0.2, 0) is 15.6 Å². The predicted octanol–water partition coefficient (Wildman–Crippen LogP) is 3.54. The monoisotopic (exact) mass is 407 g/mol. The highest BCUT2D eigenvalue weighted by Gasteiger charge is 2.23. The minimum atomic E-state index is -3.55. The van der Waals surface area contributed by atoms with Gasteiger partial charge in [0.15, 0.2) is 21.5 Å². The van der Waals surface area contributed by atoms with E-state index in [1.807, 2.05) is 0 Å². The Morgan fingerprint density at radius 1 is 1.18 bits per heavy atom. The summed E-state index contributed by atoms with van der Waals surface area (Å²) in [5, 5.41) is 7.09. The van der Waals surface area contributed by atoms with Gasteiger partial charge in [0.1, 0.15) is 17.1 Å². The summed E-state index contributed by atoms with van der Waals surface area (Å²) in [4.78, 5) is 0. The van der Waals surface area contributed by atoms with E-state index >= 15 is 0 Å². The highest BCUT2D eigenvalue weighted by Crippen LogP contribution is 2.26. The van der Waals surface area contributed by atoms with E-state index in [2.05, 4.69) is 10.3 Å². The van der Waals surface area contributed by atoms with Gasteiger partial charge in [-0.3, -0.25) is 0 Å². The maximum absolute atomic E-state index is 14.9. The van der Waals surface area contributed by atoms with Gasteiger partial charge in [-0.2, -0.15) is 0 Å². The molecule has 0 fully saturated rings. The Balaban J connectivity index is 2.02. The molecule has 1 aromatic heterocycles. The molecule has 0 N–H and O–H groups in total. The SMILES string of the molecule is COc1cccc(-c2cn(-c3c(F)ccc(CS(=O)(=O)C(C)C)c3F)nn2)c1. The van der Waals surface area contributed by atoms with Gasteiger partial charge in [-0.25, -0.2) is 21.9 Å². The van der Waals surface area contributed by atoms with E-state index in [1.165, 1.54) is 27.2 Å². The lowest BCUT2D eigenvalue weighted by molar-refractivity contribution is 0.415. The molecule has 0 aliphatic rings. The molecule has 0 unspecified atom stereocenters. The molecule has 3 aromatic rings. The summed E-state index contributed by atoms with van der Waals surface area (Å²) in [5.41, 5.74) is 0.449. The summed E-state index contributed by atoms with van der Waals surface area (Å²) >= 11 is 0. The fraction of sp³-hybridized carbons (Fsp3) is 0.263. The maximum atomic E-state index is 14.9. The number of rotatable bonds is 6. The smallest absolute Gasteiger partial charge is 0.156 e. The van der Waals surface area contributed by atoms with Crippen molar-refractivity contribution in [1.29, 1.82) is 0 Å². The summed E-state index contributed by atoms with van der Waals surface area (Å²) in [5.74, 6) is -1.77. The molecule has 28 heavy (non-hydrogen) atoms. The van der Waals surface area contributed by atoms with Crippen LogP contribution in [0, 0.1) is 11.6 Å². The standard InChI is InChI=1S/C19H19F2N3O3S/c1-12(2)28(25,26)11-14-7-8-16(20)19(18(14)21)24-10-17(22-23-24)13-5-4-6-15(9-13)27-3/h4-10,12H,11H2,1-3H3. The molecule has 9 heteroatoms. The van der Waals surface area contributed by atoms with Crippen LogP contribution in [-0.4, -0.2) is 35.8 Å². The Bertz CT molecular complexity index is 1110. The zero-order valence-electron chi connectivity index (χ0n) is 15.6. The molecule has 0 radical (unpaired) electrons. The molecule has 148 valence electrons. The molecule has 0 aliphatic carbocycles. The number of aromatic nitrogens is 3. The van der Waals surface area contributed by atoms with E-state index in [0.717, 1.165) is 16.8 Å². The molecule has 6 nitrogen and oxygen atoms in total. The fourth-order valence-corrected chi connectivity index (χ4v) is 3.57. The van der Waals surface area contributed by atoms with Crippen molar-refractivity contribution >= 4 is 9.84 Å². The number of nitrogens with zero attached hydrogens (tertiary/aromatic N) is 3. The highest BCUT2D eigenvalue weighted by molar-refractivity contribution is 7.91. The summed E-state index contributed by atoms with van der Waals surface area (Å²) in [6.07, 6.45) is 1.37. The molecular weight excluding hydrogens is 388 g/mol. The number of methoxy groups -OCH3 is 1. The zero-order valence-corrected chi connectivity index (χ0v) is 16.4. The molecule has 2 aromatic carbocycles. The molecule has 0 aliphatic heterocycles. The Morgan fingerprint density at radius 2 is 1.93 bits per heavy atom. The van der Waals surface area contributed by atoms with Crippen LogP contribution in [0.2, 0.25) is 0 Å². The largest absolute Gasteiger partial charge is 0.497 e. The summed E-state index contributed by atoms with van der Waals surface area (Å²) < 4.78 is 59.6. The third-order valence-electron chi connectivity index (χ3n) is 4.31. The first-order chi connectivity index (χ1) is 13.2. The molecule has 0 spiro atoms. The molecule has 3 rings (SSSR count). The second kappa shape index (κ2) is 7.67. The number of hydrogen-bond acceptors (Lipinski definition) is 5. The van der Waals surface area contributed by atoms with Crippen LogP contribution in [0.15, 0.2) is 42.6 Å². The topological polar surface area (TPSA) is 74.1 Å². The highest BCUT2D eigenvalue weighted by atomic mass is 32.2. The lowest BCUT2D eigenvalue weighted by Gasteiger charge is -2.11. The van der Waals surface area contributed by atoms with Gasteiger partial charge < -0.3 is 4.74 Å². The van der Waals surface area contributed by atoms with Crippen LogP contribution in [0.25, 0.3) is 16.9 Å². The van der Waals surface area contributed by atoms with Crippen molar-refractivity contribution in [2.75, 3.05) is 7.11 Å². The van der Waals surface area contributed by atoms with Crippen LogP contribution < -0.4 is 4.74 Å². The lowest BCUT2D eigenvalue weighted by Crippen LogP contribution is -2.17. The van der Waals surface area contributed by atoms with E-state index in [4.69, 9.17) is 4.74 Å². The van der Waals surface area contributed by atoms with E-state index in [1.54, 1.807) is 24.3 Å². The van der Waals surface area contributed by atoms with Gasteiger partial charge in [0.25, 0.3) is 0 Å². The van der Waals surface area contributed by atoms with Crippen molar-refractivity contribution in [2.45, 2.75) is 24.9 Å². The van der Waals surface area contributed by atoms with E-state index in [-0.39, 0.29) is 5.56 Å². The number of sulfone groups is 1. The minimum Gasteiger partial charge on any atom is -0.497 e. The summed E-state index contributed by atoms with van der Waals surface area (Å²) in [7, 11) is -2.03. The van der Waals surface area contributed by atoms with Gasteiger partial charge >= 0.3 is 0 Å². The number of benzene rings is 2. The van der Waals surface area contributed by atoms with E-state index in [0.29, 0.717) is 17.0 Å². The number of hydrogen-bond donors (Lipinski definition) is 0. The second-order valence-corrected chi connectivity index (χ2v) is 9.06. The van der Waals surface area contributed by atoms with E-state index < -0.39 is 38.2 Å². The van der Waals surface area contributed by atoms with Gasteiger partial charge in [-0.05, 0) is 32.0 Å². The van der Waals surface area contributed by atoms with Crippen LogP contribution in [0.3, 0.4) is 0 Å². The fourth-order valence-electron chi connectivity index (χ4n) is 2.58. The van der Waals surface area contributed by atoms with Crippen molar-refractivity contribution in [1.82, 2.24) is 15.0 Å². The summed E-state index contributed by atoms with van der Waals surface area (Å²) in [6.45, 7) is 3.02. The van der Waals surface area contributed by atoms with Crippen molar-refractivity contribution in [3.8, 4) is 22.7 Å². The average Bonchev–Trinajstić information content (AvgIpc) is 3.14. The Hall–Kier alpha value is -2.81. The van der Waals surface area contributed by atoms with Crippen LogP contribution in [0.5, 0.6) is 5.75 Å². The van der Waals surface area contributed by atoms with Gasteiger partial charge in [0.2, 0.25) is 0 Å². The molecule has 1 heterocycles. The van der Waals surface area contributed by atoms with Crippen molar-refractivity contribution < 1.29 is 21.9 Å². The van der Waals surface area contributed by atoms with Gasteiger partial charge in [-0.15, -0.1) is 5.10 Å². The quantitative estimate of drug-likeness (QED) is 0.625. The van der Waals surface area contributed by atoms with Crippen LogP contribution in [0.4, 0.5) is 8.78 Å². The minimum absolute atomic E-state index is 0.122. The normalized spacial score (nSPS) is 11.8. The molecule has 0 saturated heterocycles. The zero-order chi connectivity index (χ0) is 20.5. The Kier molecular flexibility index (Phi) is 5.46. The van der Waals surface area contributed by atoms with Gasteiger partial charge in [0, 0.05) is 11.1 Å². The molecule has 0 atom stereocenters. The van der Waals surface area contributed by atoms with Crippen molar-refractivity contribution in [3.05, 3.63) is 59.8 Å². The Labute approximate surface area is 161 Å².